The molecule has 3 N–H and O–H groups in total. The molecule has 4 rings (SSSR count). The number of aromatic nitrogens is 1. The predicted molar refractivity (Wildman–Crippen MR) is 116 cm³/mol. The number of carbonyl (C=O) groups excluding carboxylic acids is 1. The third-order valence-electron chi connectivity index (χ3n) is 5.84. The van der Waals surface area contributed by atoms with Crippen LogP contribution in [0.2, 0.25) is 5.02 Å². The van der Waals surface area contributed by atoms with Crippen LogP contribution >= 0.6 is 11.6 Å². The van der Waals surface area contributed by atoms with Gasteiger partial charge in [-0.25, -0.2) is 4.79 Å². The fraction of sp³-hybridized carbons (Fsp3) is 0.455. The first-order valence-electron chi connectivity index (χ1n) is 10.2. The van der Waals surface area contributed by atoms with Crippen molar-refractivity contribution in [2.24, 2.45) is 0 Å². The van der Waals surface area contributed by atoms with E-state index in [4.69, 9.17) is 16.3 Å². The van der Waals surface area contributed by atoms with Gasteiger partial charge in [-0.15, -0.1) is 0 Å². The number of hydrogen-bond acceptors (Lipinski definition) is 5. The molecule has 2 aliphatic rings. The molecule has 1 aliphatic carbocycles. The number of ether oxygens (including phenoxy) is 1. The van der Waals surface area contributed by atoms with Crippen molar-refractivity contribution in [2.75, 3.05) is 32.1 Å². The molecule has 0 radical (unpaired) electrons. The lowest BCUT2D eigenvalue weighted by molar-refractivity contribution is 0.0702. The second-order valence-electron chi connectivity index (χ2n) is 8.19. The summed E-state index contributed by atoms with van der Waals surface area (Å²) in [7, 11) is 1.61. The highest BCUT2D eigenvalue weighted by molar-refractivity contribution is 6.30. The Morgan fingerprint density at radius 3 is 2.70 bits per heavy atom. The maximum Gasteiger partial charge on any atom is 0.319 e. The number of anilines is 1. The molecule has 2 aromatic rings. The second-order valence-corrected chi connectivity index (χ2v) is 8.63. The molecular weight excluding hydrogens is 404 g/mol. The first kappa shape index (κ1) is 20.9. The number of benzene rings is 1. The quantitative estimate of drug-likeness (QED) is 0.654. The van der Waals surface area contributed by atoms with Crippen molar-refractivity contribution in [3.05, 3.63) is 53.3 Å². The summed E-state index contributed by atoms with van der Waals surface area (Å²) in [5.41, 5.74) is 1.05. The standard InChI is InChI=1S/C22H27ClN4O3/c1-30-17-6-7-19(24-12-17)18-13-27(14-22(29)9-10-22)11-8-20(18)26-21(28)25-16-4-2-15(23)3-5-16/h2-7,12,18,20,29H,8-11,13-14H2,1H3,(H2,25,26,28)/t18-,20+/m0/s1. The summed E-state index contributed by atoms with van der Waals surface area (Å²) in [6.07, 6.45) is 4.20. The van der Waals surface area contributed by atoms with Crippen molar-refractivity contribution in [1.29, 1.82) is 0 Å². The zero-order chi connectivity index (χ0) is 21.1. The maximum atomic E-state index is 12.6. The van der Waals surface area contributed by atoms with Crippen LogP contribution in [0.4, 0.5) is 10.5 Å². The van der Waals surface area contributed by atoms with Crippen LogP contribution in [0.1, 0.15) is 30.9 Å². The average molecular weight is 431 g/mol. The summed E-state index contributed by atoms with van der Waals surface area (Å²) in [6, 6.07) is 10.5. The average Bonchev–Trinajstić information content (AvgIpc) is 3.47. The number of carbonyl (C=O) groups is 1. The minimum absolute atomic E-state index is 0.0166. The number of halogens is 1. The molecule has 2 fully saturated rings. The van der Waals surface area contributed by atoms with Crippen LogP contribution in [0, 0.1) is 0 Å². The van der Waals surface area contributed by atoms with Gasteiger partial charge >= 0.3 is 6.03 Å². The van der Waals surface area contributed by atoms with Crippen molar-refractivity contribution < 1.29 is 14.6 Å². The molecule has 2 heterocycles. The van der Waals surface area contributed by atoms with Gasteiger partial charge in [-0.3, -0.25) is 9.88 Å². The topological polar surface area (TPSA) is 86.7 Å². The molecule has 1 aromatic heterocycles. The lowest BCUT2D eigenvalue weighted by Gasteiger charge is -2.39. The SMILES string of the molecule is COc1ccc([C@@H]2CN(CC3(O)CC3)CC[C@H]2NC(=O)Nc2ccc(Cl)cc2)nc1. The summed E-state index contributed by atoms with van der Waals surface area (Å²) >= 11 is 5.91. The summed E-state index contributed by atoms with van der Waals surface area (Å²) in [5.74, 6) is 0.715. The smallest absolute Gasteiger partial charge is 0.319 e. The Labute approximate surface area is 181 Å². The van der Waals surface area contributed by atoms with Gasteiger partial charge in [0.2, 0.25) is 0 Å². The third-order valence-corrected chi connectivity index (χ3v) is 6.09. The highest BCUT2D eigenvalue weighted by Gasteiger charge is 2.43. The van der Waals surface area contributed by atoms with E-state index in [0.29, 0.717) is 23.0 Å². The van der Waals surface area contributed by atoms with E-state index >= 15 is 0 Å². The van der Waals surface area contributed by atoms with Gasteiger partial charge in [-0.05, 0) is 55.7 Å². The van der Waals surface area contributed by atoms with Crippen molar-refractivity contribution in [1.82, 2.24) is 15.2 Å². The number of aliphatic hydroxyl groups is 1. The van der Waals surface area contributed by atoms with E-state index in [1.165, 1.54) is 0 Å². The molecule has 2 atom stereocenters. The molecular formula is C22H27ClN4O3. The number of likely N-dealkylation sites (tertiary alicyclic amines) is 1. The number of pyridine rings is 1. The van der Waals surface area contributed by atoms with Crippen LogP contribution in [0.15, 0.2) is 42.6 Å². The Morgan fingerprint density at radius 1 is 1.30 bits per heavy atom. The number of rotatable bonds is 6. The number of hydrogen-bond donors (Lipinski definition) is 3. The van der Waals surface area contributed by atoms with E-state index in [0.717, 1.165) is 38.0 Å². The second kappa shape index (κ2) is 8.79. The molecule has 0 unspecified atom stereocenters. The Balaban J connectivity index is 1.45. The molecule has 160 valence electrons. The zero-order valence-corrected chi connectivity index (χ0v) is 17.7. The highest BCUT2D eigenvalue weighted by Crippen LogP contribution is 2.37. The number of β-amino-alcohol motifs (C(OH)–C–C–N with tert-alkyl or cyclic N) is 1. The molecule has 1 saturated heterocycles. The van der Waals surface area contributed by atoms with Gasteiger partial charge in [0.25, 0.3) is 0 Å². The normalized spacial score (nSPS) is 22.9. The minimum atomic E-state index is -0.538. The molecule has 8 heteroatoms. The van der Waals surface area contributed by atoms with E-state index in [-0.39, 0.29) is 18.0 Å². The highest BCUT2D eigenvalue weighted by atomic mass is 35.5. The molecule has 0 spiro atoms. The Morgan fingerprint density at radius 2 is 2.07 bits per heavy atom. The van der Waals surface area contributed by atoms with Crippen molar-refractivity contribution in [2.45, 2.75) is 36.8 Å². The van der Waals surface area contributed by atoms with Gasteiger partial charge < -0.3 is 20.5 Å². The third kappa shape index (κ3) is 5.22. The van der Waals surface area contributed by atoms with E-state index in [1.54, 1.807) is 37.6 Å². The van der Waals surface area contributed by atoms with Crippen LogP contribution < -0.4 is 15.4 Å². The maximum absolute atomic E-state index is 12.6. The first-order chi connectivity index (χ1) is 14.4. The Hall–Kier alpha value is -2.35. The number of nitrogens with zero attached hydrogens (tertiary/aromatic N) is 2. The van der Waals surface area contributed by atoms with Crippen LogP contribution in [-0.4, -0.2) is 59.4 Å². The largest absolute Gasteiger partial charge is 0.495 e. The summed E-state index contributed by atoms with van der Waals surface area (Å²) < 4.78 is 5.22. The van der Waals surface area contributed by atoms with Crippen LogP contribution in [0.25, 0.3) is 0 Å². The van der Waals surface area contributed by atoms with Gasteiger partial charge in [-0.1, -0.05) is 11.6 Å². The molecule has 1 aliphatic heterocycles. The molecule has 1 saturated carbocycles. The van der Waals surface area contributed by atoms with Crippen molar-refractivity contribution in [3.63, 3.8) is 0 Å². The molecule has 30 heavy (non-hydrogen) atoms. The number of urea groups is 1. The Bertz CT molecular complexity index is 871. The molecule has 2 amide bonds. The number of piperidine rings is 1. The van der Waals surface area contributed by atoms with Crippen LogP contribution in [-0.2, 0) is 0 Å². The minimum Gasteiger partial charge on any atom is -0.495 e. The predicted octanol–water partition coefficient (Wildman–Crippen LogP) is 3.25. The van der Waals surface area contributed by atoms with E-state index in [9.17, 15) is 9.90 Å². The van der Waals surface area contributed by atoms with Gasteiger partial charge in [-0.2, -0.15) is 0 Å². The molecule has 1 aromatic carbocycles. The van der Waals surface area contributed by atoms with Crippen molar-refractivity contribution >= 4 is 23.3 Å². The van der Waals surface area contributed by atoms with Gasteiger partial charge in [0.15, 0.2) is 0 Å². The van der Waals surface area contributed by atoms with Gasteiger partial charge in [0, 0.05) is 48.0 Å². The first-order valence-corrected chi connectivity index (χ1v) is 10.6. The van der Waals surface area contributed by atoms with E-state index in [2.05, 4.69) is 20.5 Å². The summed E-state index contributed by atoms with van der Waals surface area (Å²) in [5, 5.41) is 16.9. The lowest BCUT2D eigenvalue weighted by atomic mass is 9.88. The van der Waals surface area contributed by atoms with E-state index < -0.39 is 5.60 Å². The van der Waals surface area contributed by atoms with Crippen molar-refractivity contribution in [3.8, 4) is 5.75 Å². The van der Waals surface area contributed by atoms with Crippen LogP contribution in [0.5, 0.6) is 5.75 Å². The van der Waals surface area contributed by atoms with E-state index in [1.807, 2.05) is 12.1 Å². The monoisotopic (exact) mass is 430 g/mol. The fourth-order valence-corrected chi connectivity index (χ4v) is 4.08. The lowest BCUT2D eigenvalue weighted by Crippen LogP contribution is -2.52. The van der Waals surface area contributed by atoms with Crippen LogP contribution in [0.3, 0.4) is 0 Å². The summed E-state index contributed by atoms with van der Waals surface area (Å²) in [6.45, 7) is 2.22. The summed E-state index contributed by atoms with van der Waals surface area (Å²) in [4.78, 5) is 19.5. The molecule has 7 nitrogen and oxygen atoms in total. The number of methoxy groups -OCH3 is 1. The van der Waals surface area contributed by atoms with Gasteiger partial charge in [0.1, 0.15) is 5.75 Å². The fourth-order valence-electron chi connectivity index (χ4n) is 3.95. The van der Waals surface area contributed by atoms with Gasteiger partial charge in [0.05, 0.1) is 18.9 Å². The Kier molecular flexibility index (Phi) is 6.13. The zero-order valence-electron chi connectivity index (χ0n) is 17.0. The number of amides is 2. The number of nitrogens with one attached hydrogen (secondary N) is 2. The molecule has 0 bridgehead atoms.